The maximum absolute atomic E-state index is 10.8. The summed E-state index contributed by atoms with van der Waals surface area (Å²) in [5, 5.41) is 22.0. The fourth-order valence-electron chi connectivity index (χ4n) is 5.04. The minimum Gasteiger partial charge on any atom is -0.481 e. The number of hydrogen-bond acceptors (Lipinski definition) is 5. The van der Waals surface area contributed by atoms with E-state index >= 15 is 0 Å². The van der Waals surface area contributed by atoms with Crippen LogP contribution in [0.5, 0.6) is 0 Å². The maximum atomic E-state index is 10.8. The van der Waals surface area contributed by atoms with Gasteiger partial charge in [0.2, 0.25) is 0 Å². The van der Waals surface area contributed by atoms with Gasteiger partial charge in [0, 0.05) is 50.7 Å². The molecule has 2 atom stereocenters. The van der Waals surface area contributed by atoms with E-state index in [1.165, 1.54) is 12.0 Å². The highest BCUT2D eigenvalue weighted by molar-refractivity contribution is 5.66. The van der Waals surface area contributed by atoms with Crippen molar-refractivity contribution in [3.63, 3.8) is 0 Å². The molecular weight excluding hydrogens is 352 g/mol. The standard InChI is InChI=1S/C22H30N4O2/c23-10-9-22(15-25(16-22)11-8-21(27)28)26-12-6-18(7-13-26)24-20-14-19(20)17-4-2-1-3-5-17/h1-5,18-20,24H,6-9,11-16H2,(H,27,28). The third kappa shape index (κ3) is 4.22. The minimum absolute atomic E-state index is 0.0651. The number of piperidine rings is 1. The van der Waals surface area contributed by atoms with Gasteiger partial charge in [-0.3, -0.25) is 14.6 Å². The zero-order chi connectivity index (χ0) is 19.6. The number of nitrogens with zero attached hydrogens (tertiary/aromatic N) is 3. The summed E-state index contributed by atoms with van der Waals surface area (Å²) >= 11 is 0. The van der Waals surface area contributed by atoms with Crippen molar-refractivity contribution in [2.24, 2.45) is 0 Å². The summed E-state index contributed by atoms with van der Waals surface area (Å²) in [6, 6.07) is 14.3. The van der Waals surface area contributed by atoms with Crippen LogP contribution >= 0.6 is 0 Å². The fraction of sp³-hybridized carbons (Fsp3) is 0.636. The van der Waals surface area contributed by atoms with Crippen molar-refractivity contribution in [2.75, 3.05) is 32.7 Å². The Morgan fingerprint density at radius 2 is 1.96 bits per heavy atom. The lowest BCUT2D eigenvalue weighted by Crippen LogP contribution is -2.71. The van der Waals surface area contributed by atoms with Crippen LogP contribution < -0.4 is 5.32 Å². The number of carboxylic acids is 1. The molecule has 0 amide bonds. The smallest absolute Gasteiger partial charge is 0.304 e. The van der Waals surface area contributed by atoms with Gasteiger partial charge in [-0.05, 0) is 24.8 Å². The van der Waals surface area contributed by atoms with Crippen LogP contribution in [0.15, 0.2) is 30.3 Å². The third-order valence-electron chi connectivity index (χ3n) is 6.72. The Hall–Kier alpha value is -1.94. The fourth-order valence-corrected chi connectivity index (χ4v) is 5.04. The van der Waals surface area contributed by atoms with Crippen molar-refractivity contribution in [1.82, 2.24) is 15.1 Å². The topological polar surface area (TPSA) is 79.6 Å². The van der Waals surface area contributed by atoms with E-state index in [4.69, 9.17) is 5.11 Å². The molecule has 1 aliphatic carbocycles. The molecule has 1 aromatic carbocycles. The quantitative estimate of drug-likeness (QED) is 0.716. The molecule has 2 aliphatic heterocycles. The van der Waals surface area contributed by atoms with Crippen LogP contribution in [0.25, 0.3) is 0 Å². The number of likely N-dealkylation sites (tertiary alicyclic amines) is 2. The van der Waals surface area contributed by atoms with Gasteiger partial charge in [0.25, 0.3) is 0 Å². The van der Waals surface area contributed by atoms with E-state index in [0.717, 1.165) is 39.0 Å². The van der Waals surface area contributed by atoms with E-state index in [1.807, 2.05) is 0 Å². The van der Waals surface area contributed by atoms with Gasteiger partial charge in [0.15, 0.2) is 0 Å². The van der Waals surface area contributed by atoms with E-state index in [-0.39, 0.29) is 12.0 Å². The van der Waals surface area contributed by atoms with Gasteiger partial charge in [-0.1, -0.05) is 30.3 Å². The molecular formula is C22H30N4O2. The van der Waals surface area contributed by atoms with E-state index in [9.17, 15) is 10.1 Å². The predicted molar refractivity (Wildman–Crippen MR) is 107 cm³/mol. The number of rotatable bonds is 8. The summed E-state index contributed by atoms with van der Waals surface area (Å²) < 4.78 is 0. The second-order valence-corrected chi connectivity index (χ2v) is 8.70. The lowest BCUT2D eigenvalue weighted by Gasteiger charge is -2.56. The van der Waals surface area contributed by atoms with Crippen molar-refractivity contribution < 1.29 is 9.90 Å². The molecule has 2 heterocycles. The van der Waals surface area contributed by atoms with Gasteiger partial charge in [0.05, 0.1) is 24.4 Å². The molecule has 2 saturated heterocycles. The number of carbonyl (C=O) groups is 1. The molecule has 0 bridgehead atoms. The lowest BCUT2D eigenvalue weighted by atomic mass is 9.82. The number of hydrogen-bond donors (Lipinski definition) is 2. The molecule has 150 valence electrons. The Labute approximate surface area is 167 Å². The van der Waals surface area contributed by atoms with Crippen LogP contribution in [-0.2, 0) is 4.79 Å². The molecule has 4 rings (SSSR count). The van der Waals surface area contributed by atoms with E-state index < -0.39 is 5.97 Å². The largest absolute Gasteiger partial charge is 0.481 e. The lowest BCUT2D eigenvalue weighted by molar-refractivity contribution is -0.138. The van der Waals surface area contributed by atoms with Crippen LogP contribution in [0.4, 0.5) is 0 Å². The third-order valence-corrected chi connectivity index (χ3v) is 6.72. The summed E-state index contributed by atoms with van der Waals surface area (Å²) in [5.74, 6) is -0.0860. The van der Waals surface area contributed by atoms with Gasteiger partial charge in [-0.15, -0.1) is 0 Å². The summed E-state index contributed by atoms with van der Waals surface area (Å²) in [5.41, 5.74) is 1.38. The Kier molecular flexibility index (Phi) is 5.68. The first-order chi connectivity index (χ1) is 13.6. The highest BCUT2D eigenvalue weighted by Crippen LogP contribution is 2.41. The van der Waals surface area contributed by atoms with Crippen LogP contribution in [0.3, 0.4) is 0 Å². The Morgan fingerprint density at radius 3 is 2.61 bits per heavy atom. The number of benzene rings is 1. The van der Waals surface area contributed by atoms with Crippen LogP contribution in [-0.4, -0.2) is 71.2 Å². The van der Waals surface area contributed by atoms with E-state index in [1.54, 1.807) is 0 Å². The molecule has 6 nitrogen and oxygen atoms in total. The zero-order valence-corrected chi connectivity index (χ0v) is 16.4. The van der Waals surface area contributed by atoms with Crippen molar-refractivity contribution in [3.8, 4) is 6.07 Å². The first kappa shape index (κ1) is 19.4. The molecule has 28 heavy (non-hydrogen) atoms. The normalized spacial score (nSPS) is 27.7. The van der Waals surface area contributed by atoms with Gasteiger partial charge >= 0.3 is 5.97 Å². The monoisotopic (exact) mass is 382 g/mol. The average molecular weight is 383 g/mol. The molecule has 2 unspecified atom stereocenters. The van der Waals surface area contributed by atoms with Gasteiger partial charge in [0.1, 0.15) is 0 Å². The highest BCUT2D eigenvalue weighted by atomic mass is 16.4. The number of carboxylic acid groups (broad SMARTS) is 1. The Bertz CT molecular complexity index is 718. The summed E-state index contributed by atoms with van der Waals surface area (Å²) in [4.78, 5) is 15.4. The molecule has 2 N–H and O–H groups in total. The first-order valence-corrected chi connectivity index (χ1v) is 10.5. The summed E-state index contributed by atoms with van der Waals surface area (Å²) in [6.07, 6.45) is 4.20. The van der Waals surface area contributed by atoms with Gasteiger partial charge < -0.3 is 10.4 Å². The molecule has 0 spiro atoms. The minimum atomic E-state index is -0.751. The number of nitrogens with one attached hydrogen (secondary N) is 1. The average Bonchev–Trinajstić information content (AvgIpc) is 3.44. The number of nitriles is 1. The SMILES string of the molecule is N#CCC1(N2CCC(NC3CC3c3ccccc3)CC2)CN(CCC(=O)O)C1. The maximum Gasteiger partial charge on any atom is 0.304 e. The van der Waals surface area contributed by atoms with Gasteiger partial charge in [-0.25, -0.2) is 0 Å². The number of aliphatic carboxylic acids is 1. The van der Waals surface area contributed by atoms with Crippen molar-refractivity contribution in [2.45, 2.75) is 55.6 Å². The van der Waals surface area contributed by atoms with E-state index in [2.05, 4.69) is 51.5 Å². The molecule has 1 saturated carbocycles. The molecule has 6 heteroatoms. The molecule has 3 fully saturated rings. The Morgan fingerprint density at radius 1 is 1.25 bits per heavy atom. The zero-order valence-electron chi connectivity index (χ0n) is 16.4. The Balaban J connectivity index is 1.23. The van der Waals surface area contributed by atoms with Crippen molar-refractivity contribution in [3.05, 3.63) is 35.9 Å². The second-order valence-electron chi connectivity index (χ2n) is 8.70. The predicted octanol–water partition coefficient (Wildman–Crippen LogP) is 2.04. The van der Waals surface area contributed by atoms with Crippen LogP contribution in [0.2, 0.25) is 0 Å². The summed E-state index contributed by atoms with van der Waals surface area (Å²) in [6.45, 7) is 4.28. The van der Waals surface area contributed by atoms with Crippen LogP contribution in [0, 0.1) is 11.3 Å². The molecule has 1 aromatic rings. The van der Waals surface area contributed by atoms with Gasteiger partial charge in [-0.2, -0.15) is 5.26 Å². The van der Waals surface area contributed by atoms with Crippen LogP contribution in [0.1, 0.15) is 43.6 Å². The molecule has 3 aliphatic rings. The molecule has 0 aromatic heterocycles. The highest BCUT2D eigenvalue weighted by Gasteiger charge is 2.48. The second kappa shape index (κ2) is 8.20. The van der Waals surface area contributed by atoms with Crippen molar-refractivity contribution in [1.29, 1.82) is 5.26 Å². The molecule has 0 radical (unpaired) electrons. The van der Waals surface area contributed by atoms with Crippen molar-refractivity contribution >= 4 is 5.97 Å². The van der Waals surface area contributed by atoms with E-state index in [0.29, 0.717) is 31.0 Å². The summed E-state index contributed by atoms with van der Waals surface area (Å²) in [7, 11) is 0. The first-order valence-electron chi connectivity index (χ1n) is 10.5.